The molecule has 1 N–H and O–H groups in total. The molecule has 3 saturated heterocycles. The van der Waals surface area contributed by atoms with E-state index < -0.39 is 0 Å². The van der Waals surface area contributed by atoms with E-state index in [9.17, 15) is 9.59 Å². The van der Waals surface area contributed by atoms with Gasteiger partial charge in [-0.05, 0) is 103 Å². The van der Waals surface area contributed by atoms with E-state index in [2.05, 4.69) is 103 Å². The maximum absolute atomic E-state index is 13.6. The van der Waals surface area contributed by atoms with E-state index in [0.717, 1.165) is 105 Å². The number of ether oxygens (including phenoxy) is 2. The lowest BCUT2D eigenvalue weighted by Crippen LogP contribution is -2.53. The van der Waals surface area contributed by atoms with E-state index in [1.165, 1.54) is 22.1 Å². The van der Waals surface area contributed by atoms with Crippen molar-refractivity contribution in [3.8, 4) is 22.8 Å². The smallest absolute Gasteiger partial charge is 0.236 e. The first-order chi connectivity index (χ1) is 25.7. The zero-order chi connectivity index (χ0) is 37.1. The second-order valence-corrected chi connectivity index (χ2v) is 16.3. The molecule has 7 rings (SSSR count). The SMILES string of the molecule is COc1ccc(-c2[nH]c3ccc(C4CCN(C(=O)CN5CCCC(C(=O)N6CCN(Cc7ccc(Br)cc7)CC6)C5)CC4)cc3c2C(C)C)cc1OC. The van der Waals surface area contributed by atoms with Gasteiger partial charge >= 0.3 is 0 Å². The summed E-state index contributed by atoms with van der Waals surface area (Å²) in [6.45, 7) is 12.2. The highest BCUT2D eigenvalue weighted by atomic mass is 79.9. The van der Waals surface area contributed by atoms with Gasteiger partial charge in [-0.3, -0.25) is 19.4 Å². The van der Waals surface area contributed by atoms with Crippen molar-refractivity contribution in [2.45, 2.75) is 57.9 Å². The Kier molecular flexibility index (Phi) is 11.8. The van der Waals surface area contributed by atoms with Crippen LogP contribution in [0, 0.1) is 5.92 Å². The number of piperazine rings is 1. The summed E-state index contributed by atoms with van der Waals surface area (Å²) in [7, 11) is 3.33. The minimum atomic E-state index is -0.0216. The van der Waals surface area contributed by atoms with Gasteiger partial charge < -0.3 is 24.3 Å². The van der Waals surface area contributed by atoms with Gasteiger partial charge in [-0.15, -0.1) is 0 Å². The molecule has 0 radical (unpaired) electrons. The van der Waals surface area contributed by atoms with Gasteiger partial charge in [-0.1, -0.05) is 48.0 Å². The molecule has 0 bridgehead atoms. The van der Waals surface area contributed by atoms with Gasteiger partial charge in [-0.25, -0.2) is 0 Å². The Balaban J connectivity index is 0.920. The molecule has 1 atom stereocenters. The summed E-state index contributed by atoms with van der Waals surface area (Å²) in [5.41, 5.74) is 7.27. The summed E-state index contributed by atoms with van der Waals surface area (Å²) < 4.78 is 12.2. The molecule has 1 unspecified atom stereocenters. The topological polar surface area (TPSA) is 81.3 Å². The van der Waals surface area contributed by atoms with Crippen molar-refractivity contribution in [1.82, 2.24) is 24.6 Å². The Bertz CT molecular complexity index is 1890. The molecule has 0 saturated carbocycles. The second kappa shape index (κ2) is 16.7. The van der Waals surface area contributed by atoms with Gasteiger partial charge in [0.15, 0.2) is 11.5 Å². The van der Waals surface area contributed by atoms with E-state index in [0.29, 0.717) is 30.7 Å². The maximum Gasteiger partial charge on any atom is 0.236 e. The molecule has 53 heavy (non-hydrogen) atoms. The number of rotatable bonds is 10. The van der Waals surface area contributed by atoms with Gasteiger partial charge in [0, 0.05) is 73.3 Å². The van der Waals surface area contributed by atoms with Crippen LogP contribution >= 0.6 is 15.9 Å². The molecule has 10 heteroatoms. The Morgan fingerprint density at radius 2 is 1.55 bits per heavy atom. The molecule has 3 fully saturated rings. The zero-order valence-electron chi connectivity index (χ0n) is 31.7. The predicted molar refractivity (Wildman–Crippen MR) is 215 cm³/mol. The number of H-pyrrole nitrogens is 1. The minimum absolute atomic E-state index is 0.0216. The third-order valence-electron chi connectivity index (χ3n) is 11.6. The molecule has 3 aliphatic rings. The molecule has 1 aromatic heterocycles. The van der Waals surface area contributed by atoms with Crippen LogP contribution < -0.4 is 9.47 Å². The number of benzene rings is 3. The molecular weight excluding hydrogens is 730 g/mol. The highest BCUT2D eigenvalue weighted by molar-refractivity contribution is 9.10. The number of carbonyl (C=O) groups excluding carboxylic acids is 2. The van der Waals surface area contributed by atoms with Crippen molar-refractivity contribution >= 4 is 38.6 Å². The Hall–Kier alpha value is -3.86. The van der Waals surface area contributed by atoms with Crippen molar-refractivity contribution in [2.75, 3.05) is 73.1 Å². The number of hydrogen-bond donors (Lipinski definition) is 1. The van der Waals surface area contributed by atoms with Crippen LogP contribution in [0.1, 0.15) is 68.1 Å². The van der Waals surface area contributed by atoms with E-state index in [1.54, 1.807) is 14.2 Å². The Morgan fingerprint density at radius 3 is 2.25 bits per heavy atom. The number of piperidine rings is 2. The third-order valence-corrected chi connectivity index (χ3v) is 12.2. The lowest BCUT2D eigenvalue weighted by molar-refractivity contribution is -0.141. The quantitative estimate of drug-likeness (QED) is 0.180. The minimum Gasteiger partial charge on any atom is -0.493 e. The monoisotopic (exact) mass is 783 g/mol. The Morgan fingerprint density at radius 1 is 0.811 bits per heavy atom. The number of likely N-dealkylation sites (tertiary alicyclic amines) is 2. The largest absolute Gasteiger partial charge is 0.493 e. The van der Waals surface area contributed by atoms with Crippen LogP contribution in [0.5, 0.6) is 11.5 Å². The lowest BCUT2D eigenvalue weighted by Gasteiger charge is -2.39. The lowest BCUT2D eigenvalue weighted by atomic mass is 9.87. The van der Waals surface area contributed by atoms with Crippen LogP contribution in [-0.4, -0.2) is 110 Å². The van der Waals surface area contributed by atoms with Gasteiger partial charge in [0.25, 0.3) is 0 Å². The molecule has 4 heterocycles. The summed E-state index contributed by atoms with van der Waals surface area (Å²) in [6.07, 6.45) is 3.78. The number of hydrogen-bond acceptors (Lipinski definition) is 6. The van der Waals surface area contributed by atoms with Crippen molar-refractivity contribution in [3.63, 3.8) is 0 Å². The van der Waals surface area contributed by atoms with E-state index in [4.69, 9.17) is 9.47 Å². The maximum atomic E-state index is 13.6. The molecule has 3 aromatic carbocycles. The summed E-state index contributed by atoms with van der Waals surface area (Å²) in [6, 6.07) is 21.4. The first-order valence-corrected chi connectivity index (χ1v) is 20.1. The second-order valence-electron chi connectivity index (χ2n) is 15.4. The van der Waals surface area contributed by atoms with Crippen LogP contribution in [-0.2, 0) is 16.1 Å². The molecule has 4 aromatic rings. The summed E-state index contributed by atoms with van der Waals surface area (Å²) >= 11 is 3.51. The molecule has 0 aliphatic carbocycles. The zero-order valence-corrected chi connectivity index (χ0v) is 33.3. The summed E-state index contributed by atoms with van der Waals surface area (Å²) in [5.74, 6) is 2.61. The number of methoxy groups -OCH3 is 2. The standard InChI is InChI=1S/C43H54BrN5O4/c1-29(2)41-36-24-32(9-13-37(36)45-42(41)33-10-14-38(52-3)39(25-33)53-4)31-15-18-48(19-16-31)40(50)28-47-17-5-6-34(27-47)43(51)49-22-20-46(21-23-49)26-30-7-11-35(44)12-8-30/h7-14,24-25,29,31,34,45H,5-6,15-23,26-28H2,1-4H3. The van der Waals surface area contributed by atoms with Crippen LogP contribution in [0.3, 0.4) is 0 Å². The van der Waals surface area contributed by atoms with Crippen molar-refractivity contribution in [3.05, 3.63) is 81.8 Å². The Labute approximate surface area is 322 Å². The van der Waals surface area contributed by atoms with Crippen molar-refractivity contribution in [1.29, 1.82) is 0 Å². The van der Waals surface area contributed by atoms with Crippen LogP contribution in [0.25, 0.3) is 22.2 Å². The molecular formula is C43H54BrN5O4. The highest BCUT2D eigenvalue weighted by Gasteiger charge is 2.33. The fourth-order valence-electron chi connectivity index (χ4n) is 8.69. The number of aromatic amines is 1. The molecule has 3 aliphatic heterocycles. The van der Waals surface area contributed by atoms with E-state index in [1.807, 2.05) is 12.1 Å². The molecule has 9 nitrogen and oxygen atoms in total. The molecule has 2 amide bonds. The van der Waals surface area contributed by atoms with E-state index >= 15 is 0 Å². The average Bonchev–Trinajstić information content (AvgIpc) is 3.58. The van der Waals surface area contributed by atoms with E-state index in [-0.39, 0.29) is 17.7 Å². The van der Waals surface area contributed by atoms with Gasteiger partial charge in [0.1, 0.15) is 0 Å². The first kappa shape index (κ1) is 37.5. The number of aromatic nitrogens is 1. The average molecular weight is 785 g/mol. The normalized spacial score (nSPS) is 19.2. The predicted octanol–water partition coefficient (Wildman–Crippen LogP) is 7.50. The number of halogens is 1. The number of nitrogens with zero attached hydrogens (tertiary/aromatic N) is 4. The number of amides is 2. The summed E-state index contributed by atoms with van der Waals surface area (Å²) in [5, 5.41) is 1.26. The van der Waals surface area contributed by atoms with Gasteiger partial charge in [-0.2, -0.15) is 0 Å². The molecule has 282 valence electrons. The first-order valence-electron chi connectivity index (χ1n) is 19.3. The fourth-order valence-corrected chi connectivity index (χ4v) is 8.95. The van der Waals surface area contributed by atoms with Gasteiger partial charge in [0.05, 0.1) is 32.4 Å². The number of fused-ring (bicyclic) bond motifs is 1. The van der Waals surface area contributed by atoms with Gasteiger partial charge in [0.2, 0.25) is 11.8 Å². The fraction of sp³-hybridized carbons (Fsp3) is 0.488. The van der Waals surface area contributed by atoms with Crippen molar-refractivity contribution in [2.24, 2.45) is 5.92 Å². The summed E-state index contributed by atoms with van der Waals surface area (Å²) in [4.78, 5) is 39.6. The third kappa shape index (κ3) is 8.45. The number of carbonyl (C=O) groups is 2. The highest BCUT2D eigenvalue weighted by Crippen LogP contribution is 2.40. The number of nitrogens with one attached hydrogen (secondary N) is 1. The van der Waals surface area contributed by atoms with Crippen molar-refractivity contribution < 1.29 is 19.1 Å². The molecule has 0 spiro atoms. The van der Waals surface area contributed by atoms with Crippen LogP contribution in [0.2, 0.25) is 0 Å². The van der Waals surface area contributed by atoms with Crippen LogP contribution in [0.4, 0.5) is 0 Å². The van der Waals surface area contributed by atoms with Crippen LogP contribution in [0.15, 0.2) is 65.1 Å².